The highest BCUT2D eigenvalue weighted by Crippen LogP contribution is 2.34. The number of benzene rings is 1. The van der Waals surface area contributed by atoms with E-state index < -0.39 is 5.41 Å². The van der Waals surface area contributed by atoms with Gasteiger partial charge in [0.1, 0.15) is 0 Å². The van der Waals surface area contributed by atoms with E-state index >= 15 is 0 Å². The number of hydrogen-bond donors (Lipinski definition) is 0. The van der Waals surface area contributed by atoms with Crippen molar-refractivity contribution in [2.24, 2.45) is 5.41 Å². The minimum atomic E-state index is -0.612. The van der Waals surface area contributed by atoms with Gasteiger partial charge >= 0.3 is 0 Å². The molecule has 0 saturated heterocycles. The predicted octanol–water partition coefficient (Wildman–Crippen LogP) is 4.08. The van der Waals surface area contributed by atoms with Gasteiger partial charge in [0.2, 0.25) is 0 Å². The van der Waals surface area contributed by atoms with E-state index in [1.807, 2.05) is 39.8 Å². The zero-order valence-corrected chi connectivity index (χ0v) is 12.2. The van der Waals surface area contributed by atoms with Crippen molar-refractivity contribution in [3.8, 4) is 0 Å². The molecule has 0 saturated carbocycles. The average Bonchev–Trinajstić information content (AvgIpc) is 2.22. The standard InChI is InChI=1S/C15H18BClO/c1-9-6-12(13(17)7-10(9)2)11(3)8-15(4,5)14(16)18/h6-7H,3,8H2,1-2,4-5H3. The largest absolute Gasteiger partial charge is 0.312 e. The summed E-state index contributed by atoms with van der Waals surface area (Å²) >= 11 is 6.23. The van der Waals surface area contributed by atoms with E-state index in [-0.39, 0.29) is 5.68 Å². The van der Waals surface area contributed by atoms with Crippen molar-refractivity contribution in [3.05, 3.63) is 40.4 Å². The number of aryl methyl sites for hydroxylation is 2. The third-order valence-electron chi connectivity index (χ3n) is 3.29. The summed E-state index contributed by atoms with van der Waals surface area (Å²) in [6, 6.07) is 3.94. The van der Waals surface area contributed by atoms with Crippen LogP contribution in [0.1, 0.15) is 37.0 Å². The van der Waals surface area contributed by atoms with Gasteiger partial charge in [-0.25, -0.2) is 0 Å². The Morgan fingerprint density at radius 3 is 2.33 bits per heavy atom. The first-order valence-electron chi connectivity index (χ1n) is 5.90. The molecule has 0 aliphatic heterocycles. The number of hydrogen-bond acceptors (Lipinski definition) is 1. The molecule has 0 amide bonds. The minimum Gasteiger partial charge on any atom is -0.312 e. The van der Waals surface area contributed by atoms with Gasteiger partial charge in [-0.2, -0.15) is 0 Å². The molecule has 18 heavy (non-hydrogen) atoms. The number of carbonyl (C=O) groups excluding carboxylic acids is 1. The summed E-state index contributed by atoms with van der Waals surface area (Å²) in [5.41, 5.74) is 3.10. The lowest BCUT2D eigenvalue weighted by atomic mass is 9.73. The van der Waals surface area contributed by atoms with Gasteiger partial charge in [-0.3, -0.25) is 0 Å². The highest BCUT2D eigenvalue weighted by Gasteiger charge is 2.24. The summed E-state index contributed by atoms with van der Waals surface area (Å²) in [5.74, 6) is 0. The monoisotopic (exact) mass is 260 g/mol. The molecule has 3 heteroatoms. The number of allylic oxidation sites excluding steroid dienone is 1. The molecule has 0 heterocycles. The van der Waals surface area contributed by atoms with Crippen LogP contribution < -0.4 is 0 Å². The molecule has 0 spiro atoms. The van der Waals surface area contributed by atoms with Crippen LogP contribution in [0.15, 0.2) is 18.7 Å². The zero-order chi connectivity index (χ0) is 14.1. The first-order chi connectivity index (χ1) is 8.15. The average molecular weight is 261 g/mol. The highest BCUT2D eigenvalue weighted by molar-refractivity contribution is 6.59. The lowest BCUT2D eigenvalue weighted by Gasteiger charge is -2.23. The normalized spacial score (nSPS) is 11.4. The molecule has 0 fully saturated rings. The number of halogens is 1. The maximum atomic E-state index is 11.3. The molecule has 2 radical (unpaired) electrons. The van der Waals surface area contributed by atoms with Crippen molar-refractivity contribution in [2.45, 2.75) is 34.1 Å². The van der Waals surface area contributed by atoms with E-state index in [1.54, 1.807) is 0 Å². The Kier molecular flexibility index (Phi) is 4.44. The lowest BCUT2D eigenvalue weighted by Crippen LogP contribution is -2.24. The van der Waals surface area contributed by atoms with Crippen molar-refractivity contribution in [3.63, 3.8) is 0 Å². The van der Waals surface area contributed by atoms with Crippen LogP contribution in [0.3, 0.4) is 0 Å². The minimum absolute atomic E-state index is 0.330. The molecule has 94 valence electrons. The van der Waals surface area contributed by atoms with E-state index in [1.165, 1.54) is 0 Å². The van der Waals surface area contributed by atoms with Crippen LogP contribution in [0, 0.1) is 19.3 Å². The molecule has 0 unspecified atom stereocenters. The van der Waals surface area contributed by atoms with Crippen molar-refractivity contribution < 1.29 is 4.79 Å². The van der Waals surface area contributed by atoms with Gasteiger partial charge < -0.3 is 4.79 Å². The molecule has 0 aliphatic carbocycles. The molecule has 1 aromatic carbocycles. The second-order valence-electron chi connectivity index (χ2n) is 5.44. The lowest BCUT2D eigenvalue weighted by molar-refractivity contribution is -0.118. The highest BCUT2D eigenvalue weighted by atomic mass is 35.5. The second kappa shape index (κ2) is 5.32. The first-order valence-corrected chi connectivity index (χ1v) is 6.28. The smallest absolute Gasteiger partial charge is 0.168 e. The Bertz CT molecular complexity index is 503. The Labute approximate surface area is 116 Å². The van der Waals surface area contributed by atoms with Crippen LogP contribution in [-0.4, -0.2) is 13.5 Å². The molecular weight excluding hydrogens is 242 g/mol. The van der Waals surface area contributed by atoms with E-state index in [0.29, 0.717) is 11.4 Å². The fraction of sp³-hybridized carbons (Fsp3) is 0.400. The van der Waals surface area contributed by atoms with Gasteiger partial charge in [-0.1, -0.05) is 38.1 Å². The van der Waals surface area contributed by atoms with E-state index in [9.17, 15) is 4.79 Å². The van der Waals surface area contributed by atoms with Gasteiger partial charge in [0, 0.05) is 10.4 Å². The van der Waals surface area contributed by atoms with Crippen molar-refractivity contribution >= 4 is 30.7 Å². The molecule has 0 N–H and O–H groups in total. The van der Waals surface area contributed by atoms with Crippen LogP contribution in [0.4, 0.5) is 0 Å². The number of carbonyl (C=O) groups is 1. The van der Waals surface area contributed by atoms with E-state index in [2.05, 4.69) is 6.58 Å². The van der Waals surface area contributed by atoms with Crippen molar-refractivity contribution in [2.75, 3.05) is 0 Å². The molecule has 0 aliphatic rings. The maximum absolute atomic E-state index is 11.3. The van der Waals surface area contributed by atoms with Gasteiger partial charge in [0.25, 0.3) is 0 Å². The van der Waals surface area contributed by atoms with E-state index in [4.69, 9.17) is 19.4 Å². The summed E-state index contributed by atoms with van der Waals surface area (Å²) in [4.78, 5) is 11.3. The van der Waals surface area contributed by atoms with Crippen LogP contribution in [0.25, 0.3) is 5.57 Å². The Balaban J connectivity index is 3.06. The van der Waals surface area contributed by atoms with Gasteiger partial charge in [0.05, 0.1) is 5.68 Å². The first kappa shape index (κ1) is 15.0. The van der Waals surface area contributed by atoms with Gasteiger partial charge in [0.15, 0.2) is 7.85 Å². The van der Waals surface area contributed by atoms with E-state index in [0.717, 1.165) is 22.3 Å². The van der Waals surface area contributed by atoms with Crippen LogP contribution in [0.5, 0.6) is 0 Å². The maximum Gasteiger partial charge on any atom is 0.168 e. The van der Waals surface area contributed by atoms with Crippen molar-refractivity contribution in [1.82, 2.24) is 0 Å². The zero-order valence-electron chi connectivity index (χ0n) is 11.4. The fourth-order valence-corrected chi connectivity index (χ4v) is 2.12. The van der Waals surface area contributed by atoms with Crippen molar-refractivity contribution in [1.29, 1.82) is 0 Å². The molecule has 0 atom stereocenters. The second-order valence-corrected chi connectivity index (χ2v) is 5.85. The molecule has 0 aromatic heterocycles. The van der Waals surface area contributed by atoms with Crippen LogP contribution >= 0.6 is 11.6 Å². The predicted molar refractivity (Wildman–Crippen MR) is 79.1 cm³/mol. The Morgan fingerprint density at radius 1 is 1.33 bits per heavy atom. The topological polar surface area (TPSA) is 17.1 Å². The quantitative estimate of drug-likeness (QED) is 0.746. The Hall–Kier alpha value is -1.02. The SMILES string of the molecule is [B]C(=O)C(C)(C)CC(=C)c1cc(C)c(C)cc1Cl. The molecule has 1 nitrogen and oxygen atoms in total. The van der Waals surface area contributed by atoms with Crippen LogP contribution in [0.2, 0.25) is 5.02 Å². The number of rotatable bonds is 4. The summed E-state index contributed by atoms with van der Waals surface area (Å²) in [7, 11) is 5.38. The molecule has 1 aromatic rings. The van der Waals surface area contributed by atoms with Gasteiger partial charge in [-0.15, -0.1) is 0 Å². The summed E-state index contributed by atoms with van der Waals surface area (Å²) < 4.78 is 0. The molecule has 0 bridgehead atoms. The molecule has 1 rings (SSSR count). The summed E-state index contributed by atoms with van der Waals surface area (Å²) in [6.45, 7) is 11.7. The molecular formula is C15H18BClO. The summed E-state index contributed by atoms with van der Waals surface area (Å²) in [5, 5.41) is 0.670. The van der Waals surface area contributed by atoms with Crippen LogP contribution in [-0.2, 0) is 4.79 Å². The Morgan fingerprint density at radius 2 is 1.83 bits per heavy atom. The summed E-state index contributed by atoms with van der Waals surface area (Å²) in [6.07, 6.45) is 0.505. The third kappa shape index (κ3) is 3.26. The third-order valence-corrected chi connectivity index (χ3v) is 3.60. The van der Waals surface area contributed by atoms with Gasteiger partial charge in [-0.05, 0) is 48.6 Å². The fourth-order valence-electron chi connectivity index (χ4n) is 1.77.